The zero-order valence-electron chi connectivity index (χ0n) is 10.4. The van der Waals surface area contributed by atoms with Gasteiger partial charge in [0.05, 0.1) is 12.1 Å². The van der Waals surface area contributed by atoms with E-state index in [1.807, 2.05) is 0 Å². The number of nitrogens with zero attached hydrogens (tertiary/aromatic N) is 1. The topological polar surface area (TPSA) is 92.4 Å². The molecule has 0 aliphatic heterocycles. The third-order valence-electron chi connectivity index (χ3n) is 3.19. The van der Waals surface area contributed by atoms with Gasteiger partial charge in [0, 0.05) is 5.56 Å². The molecule has 0 bridgehead atoms. The fourth-order valence-electron chi connectivity index (χ4n) is 1.95. The molecule has 1 aliphatic carbocycles. The number of hydrogen-bond donors (Lipinski definition) is 2. The lowest BCUT2D eigenvalue weighted by Crippen LogP contribution is -2.43. The average molecular weight is 252 g/mol. The SMILES string of the molecule is Cc1noc(C)c1CC(=O)NC(C(=O)O)C1CC1. The first-order valence-electron chi connectivity index (χ1n) is 5.93. The molecule has 1 heterocycles. The second-order valence-corrected chi connectivity index (χ2v) is 4.70. The predicted molar refractivity (Wildman–Crippen MR) is 62.0 cm³/mol. The molecule has 18 heavy (non-hydrogen) atoms. The van der Waals surface area contributed by atoms with E-state index in [0.29, 0.717) is 11.5 Å². The monoisotopic (exact) mass is 252 g/mol. The standard InChI is InChI=1S/C12H16N2O4/c1-6-9(7(2)18-14-6)5-10(15)13-11(12(16)17)8-3-4-8/h8,11H,3-5H2,1-2H3,(H,13,15)(H,16,17). The minimum atomic E-state index is -0.968. The molecule has 1 aliphatic rings. The first-order valence-corrected chi connectivity index (χ1v) is 5.93. The number of carboxylic acids is 1. The molecule has 0 radical (unpaired) electrons. The molecular formula is C12H16N2O4. The molecule has 1 amide bonds. The minimum Gasteiger partial charge on any atom is -0.480 e. The summed E-state index contributed by atoms with van der Waals surface area (Å²) in [5, 5.41) is 15.3. The van der Waals surface area contributed by atoms with Crippen LogP contribution in [0.25, 0.3) is 0 Å². The Morgan fingerprint density at radius 2 is 2.17 bits per heavy atom. The highest BCUT2D eigenvalue weighted by Gasteiger charge is 2.37. The number of rotatable bonds is 5. The van der Waals surface area contributed by atoms with Crippen molar-refractivity contribution in [3.63, 3.8) is 0 Å². The van der Waals surface area contributed by atoms with E-state index in [0.717, 1.165) is 18.4 Å². The molecule has 6 nitrogen and oxygen atoms in total. The van der Waals surface area contributed by atoms with Crippen molar-refractivity contribution in [3.05, 3.63) is 17.0 Å². The zero-order chi connectivity index (χ0) is 13.3. The van der Waals surface area contributed by atoms with Gasteiger partial charge in [-0.2, -0.15) is 0 Å². The van der Waals surface area contributed by atoms with Crippen LogP contribution in [-0.2, 0) is 16.0 Å². The Bertz CT molecular complexity index is 457. The Hall–Kier alpha value is -1.85. The Labute approximate surface area is 104 Å². The molecule has 1 atom stereocenters. The van der Waals surface area contributed by atoms with Crippen LogP contribution in [0.3, 0.4) is 0 Å². The second-order valence-electron chi connectivity index (χ2n) is 4.70. The van der Waals surface area contributed by atoms with Crippen molar-refractivity contribution in [1.82, 2.24) is 10.5 Å². The Kier molecular flexibility index (Phi) is 3.36. The fraction of sp³-hybridized carbons (Fsp3) is 0.583. The molecule has 1 saturated carbocycles. The largest absolute Gasteiger partial charge is 0.480 e. The molecule has 0 spiro atoms. The van der Waals surface area contributed by atoms with Crippen LogP contribution >= 0.6 is 0 Å². The second kappa shape index (κ2) is 4.80. The lowest BCUT2D eigenvalue weighted by molar-refractivity contribution is -0.142. The molecule has 6 heteroatoms. The molecule has 98 valence electrons. The van der Waals surface area contributed by atoms with Crippen molar-refractivity contribution in [1.29, 1.82) is 0 Å². The Morgan fingerprint density at radius 3 is 2.61 bits per heavy atom. The van der Waals surface area contributed by atoms with E-state index < -0.39 is 12.0 Å². The van der Waals surface area contributed by atoms with E-state index in [9.17, 15) is 9.59 Å². The van der Waals surface area contributed by atoms with Gasteiger partial charge in [-0.15, -0.1) is 0 Å². The van der Waals surface area contributed by atoms with Gasteiger partial charge in [-0.3, -0.25) is 4.79 Å². The summed E-state index contributed by atoms with van der Waals surface area (Å²) >= 11 is 0. The minimum absolute atomic E-state index is 0.0797. The van der Waals surface area contributed by atoms with E-state index in [4.69, 9.17) is 9.63 Å². The summed E-state index contributed by atoms with van der Waals surface area (Å²) in [5.41, 5.74) is 1.40. The quantitative estimate of drug-likeness (QED) is 0.809. The van der Waals surface area contributed by atoms with Crippen LogP contribution < -0.4 is 5.32 Å². The molecular weight excluding hydrogens is 236 g/mol. The van der Waals surface area contributed by atoms with E-state index >= 15 is 0 Å². The van der Waals surface area contributed by atoms with Gasteiger partial charge in [0.15, 0.2) is 0 Å². The molecule has 2 N–H and O–H groups in total. The highest BCUT2D eigenvalue weighted by molar-refractivity contribution is 5.85. The number of aryl methyl sites for hydroxylation is 2. The van der Waals surface area contributed by atoms with Crippen molar-refractivity contribution in [2.24, 2.45) is 5.92 Å². The number of amides is 1. The van der Waals surface area contributed by atoms with Crippen LogP contribution in [0.2, 0.25) is 0 Å². The van der Waals surface area contributed by atoms with Gasteiger partial charge >= 0.3 is 5.97 Å². The maximum absolute atomic E-state index is 11.8. The van der Waals surface area contributed by atoms with Gasteiger partial charge in [-0.25, -0.2) is 4.79 Å². The first kappa shape index (κ1) is 12.6. The number of nitrogens with one attached hydrogen (secondary N) is 1. The van der Waals surface area contributed by atoms with Crippen LogP contribution in [0.15, 0.2) is 4.52 Å². The zero-order valence-corrected chi connectivity index (χ0v) is 10.4. The Balaban J connectivity index is 1.98. The van der Waals surface area contributed by atoms with Crippen molar-refractivity contribution in [3.8, 4) is 0 Å². The lowest BCUT2D eigenvalue weighted by Gasteiger charge is -2.13. The van der Waals surface area contributed by atoms with Gasteiger partial charge in [-0.05, 0) is 32.6 Å². The summed E-state index contributed by atoms with van der Waals surface area (Å²) in [6, 6.07) is -0.766. The number of carbonyl (C=O) groups is 2. The van der Waals surface area contributed by atoms with Crippen LogP contribution in [0.5, 0.6) is 0 Å². The predicted octanol–water partition coefficient (Wildman–Crippen LogP) is 0.813. The average Bonchev–Trinajstić information content (AvgIpc) is 3.08. The molecule has 0 saturated heterocycles. The molecule has 1 fully saturated rings. The van der Waals surface area contributed by atoms with E-state index in [1.54, 1.807) is 13.8 Å². The fourth-order valence-corrected chi connectivity index (χ4v) is 1.95. The van der Waals surface area contributed by atoms with Gasteiger partial charge in [0.25, 0.3) is 0 Å². The van der Waals surface area contributed by atoms with Gasteiger partial charge in [0.1, 0.15) is 11.8 Å². The van der Waals surface area contributed by atoms with Crippen LogP contribution in [0.4, 0.5) is 0 Å². The van der Waals surface area contributed by atoms with E-state index in [2.05, 4.69) is 10.5 Å². The summed E-state index contributed by atoms with van der Waals surface area (Å²) in [5.74, 6) is -0.592. The van der Waals surface area contributed by atoms with E-state index in [1.165, 1.54) is 0 Å². The van der Waals surface area contributed by atoms with E-state index in [-0.39, 0.29) is 18.2 Å². The molecule has 1 aromatic heterocycles. The Morgan fingerprint density at radius 1 is 1.50 bits per heavy atom. The van der Waals surface area contributed by atoms with Gasteiger partial charge in [-0.1, -0.05) is 5.16 Å². The first-order chi connectivity index (χ1) is 8.49. The molecule has 2 rings (SSSR count). The number of aliphatic carboxylic acids is 1. The van der Waals surface area contributed by atoms with Gasteiger partial charge < -0.3 is 14.9 Å². The summed E-state index contributed by atoms with van der Waals surface area (Å²) in [6.07, 6.45) is 1.84. The van der Waals surface area contributed by atoms with Crippen LogP contribution in [0.1, 0.15) is 29.9 Å². The normalized spacial score (nSPS) is 16.3. The van der Waals surface area contributed by atoms with Crippen LogP contribution in [-0.4, -0.2) is 28.2 Å². The third-order valence-corrected chi connectivity index (χ3v) is 3.19. The summed E-state index contributed by atoms with van der Waals surface area (Å²) in [7, 11) is 0. The molecule has 1 unspecified atom stereocenters. The third kappa shape index (κ3) is 2.69. The summed E-state index contributed by atoms with van der Waals surface area (Å²) in [4.78, 5) is 22.8. The van der Waals surface area contributed by atoms with Gasteiger partial charge in [0.2, 0.25) is 5.91 Å². The highest BCUT2D eigenvalue weighted by atomic mass is 16.5. The van der Waals surface area contributed by atoms with Crippen molar-refractivity contribution in [2.75, 3.05) is 0 Å². The number of aromatic nitrogens is 1. The van der Waals surface area contributed by atoms with Crippen LogP contribution in [0, 0.1) is 19.8 Å². The number of carbonyl (C=O) groups excluding carboxylic acids is 1. The summed E-state index contributed by atoms with van der Waals surface area (Å²) < 4.78 is 4.96. The maximum Gasteiger partial charge on any atom is 0.326 e. The van der Waals surface area contributed by atoms with Crippen molar-refractivity contribution >= 4 is 11.9 Å². The highest BCUT2D eigenvalue weighted by Crippen LogP contribution is 2.32. The number of hydrogen-bond acceptors (Lipinski definition) is 4. The summed E-state index contributed by atoms with van der Waals surface area (Å²) in [6.45, 7) is 3.49. The number of carboxylic acid groups (broad SMARTS) is 1. The molecule has 0 aromatic carbocycles. The van der Waals surface area contributed by atoms with Crippen molar-refractivity contribution in [2.45, 2.75) is 39.2 Å². The molecule has 1 aromatic rings. The smallest absolute Gasteiger partial charge is 0.326 e. The lowest BCUT2D eigenvalue weighted by atomic mass is 10.1. The maximum atomic E-state index is 11.8. The van der Waals surface area contributed by atoms with Crippen molar-refractivity contribution < 1.29 is 19.2 Å².